The third kappa shape index (κ3) is 12.7. The van der Waals surface area contributed by atoms with E-state index in [1.807, 2.05) is 0 Å². The van der Waals surface area contributed by atoms with E-state index in [1.165, 1.54) is 38.5 Å². The lowest BCUT2D eigenvalue weighted by molar-refractivity contribution is 0.277. The van der Waals surface area contributed by atoms with E-state index in [0.29, 0.717) is 16.5 Å². The molecule has 0 fully saturated rings. The molecule has 0 amide bonds. The van der Waals surface area contributed by atoms with Crippen LogP contribution < -0.4 is 0 Å². The van der Waals surface area contributed by atoms with Gasteiger partial charge in [0.15, 0.2) is 0 Å². The van der Waals surface area contributed by atoms with Crippen molar-refractivity contribution in [3.63, 3.8) is 0 Å². The van der Waals surface area contributed by atoms with Gasteiger partial charge in [-0.15, -0.1) is 0 Å². The highest BCUT2D eigenvalue weighted by molar-refractivity contribution is 8.69. The molecule has 4 nitrogen and oxygen atoms in total. The SMILES string of the molecule is CCCCCN(CCCCC)CCSS(=O)(=O)O. The van der Waals surface area contributed by atoms with Gasteiger partial charge in [0.1, 0.15) is 0 Å². The fraction of sp³-hybridized carbons (Fsp3) is 1.00. The third-order valence-electron chi connectivity index (χ3n) is 2.80. The third-order valence-corrected chi connectivity index (χ3v) is 4.84. The molecule has 0 saturated heterocycles. The Bertz CT molecular complexity index is 271. The minimum Gasteiger partial charge on any atom is -0.302 e. The first-order valence-electron chi connectivity index (χ1n) is 6.83. The maximum Gasteiger partial charge on any atom is 0.319 e. The van der Waals surface area contributed by atoms with E-state index in [9.17, 15) is 8.42 Å². The summed E-state index contributed by atoms with van der Waals surface area (Å²) >= 11 is 0. The lowest BCUT2D eigenvalue weighted by Gasteiger charge is -2.21. The van der Waals surface area contributed by atoms with E-state index < -0.39 is 9.15 Å². The van der Waals surface area contributed by atoms with Gasteiger partial charge in [-0.2, -0.15) is 8.42 Å². The summed E-state index contributed by atoms with van der Waals surface area (Å²) in [5.41, 5.74) is 0. The Morgan fingerprint density at radius 1 is 0.944 bits per heavy atom. The molecule has 0 aromatic heterocycles. The first kappa shape index (κ1) is 18.2. The van der Waals surface area contributed by atoms with E-state index >= 15 is 0 Å². The van der Waals surface area contributed by atoms with Crippen LogP contribution in [0.5, 0.6) is 0 Å². The normalized spacial score (nSPS) is 12.2. The van der Waals surface area contributed by atoms with Gasteiger partial charge in [0.2, 0.25) is 0 Å². The number of nitrogens with zero attached hydrogens (tertiary/aromatic N) is 1. The molecular weight excluding hydrogens is 270 g/mol. The Labute approximate surface area is 116 Å². The number of hydrogen-bond acceptors (Lipinski definition) is 4. The second kappa shape index (κ2) is 11.1. The summed E-state index contributed by atoms with van der Waals surface area (Å²) in [5.74, 6) is 0.442. The van der Waals surface area contributed by atoms with Gasteiger partial charge in [0.25, 0.3) is 0 Å². The molecule has 18 heavy (non-hydrogen) atoms. The van der Waals surface area contributed by atoms with Gasteiger partial charge in [-0.3, -0.25) is 4.55 Å². The van der Waals surface area contributed by atoms with Crippen molar-refractivity contribution >= 4 is 19.9 Å². The van der Waals surface area contributed by atoms with Crippen LogP contribution in [0.4, 0.5) is 0 Å². The van der Waals surface area contributed by atoms with Gasteiger partial charge >= 0.3 is 9.15 Å². The molecule has 0 saturated carbocycles. The quantitative estimate of drug-likeness (QED) is 0.340. The average molecular weight is 297 g/mol. The van der Waals surface area contributed by atoms with E-state index in [0.717, 1.165) is 19.6 Å². The first-order chi connectivity index (χ1) is 8.49. The second-order valence-corrected chi connectivity index (χ2v) is 7.98. The summed E-state index contributed by atoms with van der Waals surface area (Å²) in [6, 6.07) is 0. The molecular formula is C12H27NO3S2. The van der Waals surface area contributed by atoms with Crippen LogP contribution in [0.25, 0.3) is 0 Å². The average Bonchev–Trinajstić information content (AvgIpc) is 2.27. The Balaban J connectivity index is 3.87. The zero-order valence-corrected chi connectivity index (χ0v) is 13.2. The summed E-state index contributed by atoms with van der Waals surface area (Å²) in [6.45, 7) is 7.15. The molecule has 0 spiro atoms. The van der Waals surface area contributed by atoms with Crippen molar-refractivity contribution < 1.29 is 13.0 Å². The fourth-order valence-corrected chi connectivity index (χ4v) is 3.18. The molecule has 6 heteroatoms. The lowest BCUT2D eigenvalue weighted by atomic mass is 10.2. The number of unbranched alkanes of at least 4 members (excludes halogenated alkanes) is 4. The van der Waals surface area contributed by atoms with Crippen molar-refractivity contribution in [2.45, 2.75) is 52.4 Å². The van der Waals surface area contributed by atoms with Crippen LogP contribution >= 0.6 is 10.8 Å². The zero-order valence-electron chi connectivity index (χ0n) is 11.6. The van der Waals surface area contributed by atoms with Crippen LogP contribution in [0.2, 0.25) is 0 Å². The van der Waals surface area contributed by atoms with Gasteiger partial charge in [0, 0.05) is 12.3 Å². The Morgan fingerprint density at radius 2 is 1.44 bits per heavy atom. The van der Waals surface area contributed by atoms with Crippen molar-refractivity contribution in [2.24, 2.45) is 0 Å². The molecule has 0 atom stereocenters. The Hall–Kier alpha value is 0.220. The first-order valence-corrected chi connectivity index (χ1v) is 9.78. The second-order valence-electron chi connectivity index (χ2n) is 4.51. The molecule has 0 aliphatic heterocycles. The van der Waals surface area contributed by atoms with E-state index in [2.05, 4.69) is 18.7 Å². The van der Waals surface area contributed by atoms with Crippen LogP contribution in [-0.4, -0.2) is 43.3 Å². The summed E-state index contributed by atoms with van der Waals surface area (Å²) in [4.78, 5) is 2.31. The van der Waals surface area contributed by atoms with E-state index in [4.69, 9.17) is 4.55 Å². The zero-order chi connectivity index (χ0) is 13.9. The van der Waals surface area contributed by atoms with Crippen LogP contribution in [0.1, 0.15) is 52.4 Å². The maximum absolute atomic E-state index is 10.6. The molecule has 0 bridgehead atoms. The minimum absolute atomic E-state index is 0.442. The summed E-state index contributed by atoms with van der Waals surface area (Å²) in [7, 11) is -3.25. The molecule has 0 aromatic rings. The molecule has 0 rings (SSSR count). The van der Waals surface area contributed by atoms with Crippen LogP contribution in [0.3, 0.4) is 0 Å². The van der Waals surface area contributed by atoms with Crippen molar-refractivity contribution in [3.05, 3.63) is 0 Å². The topological polar surface area (TPSA) is 57.6 Å². The molecule has 0 aliphatic rings. The van der Waals surface area contributed by atoms with E-state index in [1.54, 1.807) is 0 Å². The highest BCUT2D eigenvalue weighted by Crippen LogP contribution is 2.10. The molecule has 0 radical (unpaired) electrons. The number of rotatable bonds is 12. The van der Waals surface area contributed by atoms with Gasteiger partial charge in [-0.05, 0) is 36.7 Å². The van der Waals surface area contributed by atoms with Crippen molar-refractivity contribution in [3.8, 4) is 0 Å². The van der Waals surface area contributed by atoms with Gasteiger partial charge in [0.05, 0.1) is 0 Å². The van der Waals surface area contributed by atoms with Crippen molar-refractivity contribution in [1.29, 1.82) is 0 Å². The van der Waals surface area contributed by atoms with Gasteiger partial charge in [-0.1, -0.05) is 39.5 Å². The summed E-state index contributed by atoms with van der Waals surface area (Å²) < 4.78 is 29.9. The predicted molar refractivity (Wildman–Crippen MR) is 79.5 cm³/mol. The van der Waals surface area contributed by atoms with Crippen LogP contribution in [0, 0.1) is 0 Å². The van der Waals surface area contributed by atoms with Crippen LogP contribution in [-0.2, 0) is 9.15 Å². The Morgan fingerprint density at radius 3 is 1.83 bits per heavy atom. The fourth-order valence-electron chi connectivity index (χ4n) is 1.78. The molecule has 0 aromatic carbocycles. The predicted octanol–water partition coefficient (Wildman–Crippen LogP) is 3.20. The van der Waals surface area contributed by atoms with Gasteiger partial charge < -0.3 is 4.90 Å². The molecule has 0 aliphatic carbocycles. The molecule has 0 unspecified atom stereocenters. The smallest absolute Gasteiger partial charge is 0.302 e. The minimum atomic E-state index is -3.88. The largest absolute Gasteiger partial charge is 0.319 e. The lowest BCUT2D eigenvalue weighted by Crippen LogP contribution is -2.28. The van der Waals surface area contributed by atoms with Crippen molar-refractivity contribution in [2.75, 3.05) is 25.4 Å². The monoisotopic (exact) mass is 297 g/mol. The summed E-state index contributed by atoms with van der Waals surface area (Å²) in [6.07, 6.45) is 7.16. The van der Waals surface area contributed by atoms with E-state index in [-0.39, 0.29) is 0 Å². The van der Waals surface area contributed by atoms with Crippen LogP contribution in [0.15, 0.2) is 0 Å². The molecule has 110 valence electrons. The highest BCUT2D eigenvalue weighted by atomic mass is 33.1. The highest BCUT2D eigenvalue weighted by Gasteiger charge is 2.08. The van der Waals surface area contributed by atoms with Crippen molar-refractivity contribution in [1.82, 2.24) is 4.90 Å². The summed E-state index contributed by atoms with van der Waals surface area (Å²) in [5, 5.41) is 0. The maximum atomic E-state index is 10.6. The standard InChI is InChI=1S/C12H27NO3S2/c1-3-5-7-9-13(10-8-6-4-2)11-12-17-18(14,15)16/h3-12H2,1-2H3,(H,14,15,16). The molecule has 1 N–H and O–H groups in total. The molecule has 0 heterocycles. The Kier molecular flexibility index (Phi) is 11.2. The number of hydrogen-bond donors (Lipinski definition) is 1. The van der Waals surface area contributed by atoms with Gasteiger partial charge in [-0.25, -0.2) is 0 Å².